The lowest BCUT2D eigenvalue weighted by Gasteiger charge is -2.16. The molecule has 2 rings (SSSR count). The maximum absolute atomic E-state index is 11.1. The molecule has 1 fully saturated rings. The number of aliphatic carboxylic acids is 1. The number of halogens is 3. The van der Waals surface area contributed by atoms with Crippen LogP contribution in [0.4, 0.5) is 0 Å². The molecule has 1 aromatic carbocycles. The molecule has 0 bridgehead atoms. The third-order valence-corrected chi connectivity index (χ3v) is 3.47. The van der Waals surface area contributed by atoms with E-state index in [2.05, 4.69) is 5.32 Å². The molecule has 1 heterocycles. The molecule has 0 radical (unpaired) electrons. The minimum atomic E-state index is -0.800. The van der Waals surface area contributed by atoms with Gasteiger partial charge in [-0.15, -0.1) is 12.4 Å². The topological polar surface area (TPSA) is 49.3 Å². The summed E-state index contributed by atoms with van der Waals surface area (Å²) in [4.78, 5) is 11.1. The van der Waals surface area contributed by atoms with E-state index in [1.807, 2.05) is 0 Å². The second-order valence-corrected chi connectivity index (χ2v) is 4.72. The van der Waals surface area contributed by atoms with Crippen molar-refractivity contribution in [2.75, 3.05) is 13.1 Å². The van der Waals surface area contributed by atoms with E-state index >= 15 is 0 Å². The summed E-state index contributed by atoms with van der Waals surface area (Å²) in [7, 11) is 0. The number of carboxylic acid groups (broad SMARTS) is 1. The fraction of sp³-hybridized carbons (Fsp3) is 0.364. The average molecular weight is 297 g/mol. The van der Waals surface area contributed by atoms with Gasteiger partial charge >= 0.3 is 5.97 Å². The zero-order valence-corrected chi connectivity index (χ0v) is 11.1. The molecular formula is C11H12Cl3NO2. The normalized spacial score (nSPS) is 23.2. The maximum Gasteiger partial charge on any atom is 0.308 e. The molecule has 1 saturated heterocycles. The van der Waals surface area contributed by atoms with E-state index in [1.54, 1.807) is 18.2 Å². The van der Waals surface area contributed by atoms with E-state index in [4.69, 9.17) is 28.3 Å². The molecule has 0 aromatic heterocycles. The average Bonchev–Trinajstić information content (AvgIpc) is 2.70. The first-order valence-electron chi connectivity index (χ1n) is 4.98. The van der Waals surface area contributed by atoms with Gasteiger partial charge in [0.25, 0.3) is 0 Å². The van der Waals surface area contributed by atoms with Gasteiger partial charge in [-0.3, -0.25) is 4.79 Å². The van der Waals surface area contributed by atoms with E-state index in [0.29, 0.717) is 23.1 Å². The first kappa shape index (κ1) is 14.6. The van der Waals surface area contributed by atoms with Crippen molar-refractivity contribution in [3.8, 4) is 0 Å². The van der Waals surface area contributed by atoms with Crippen molar-refractivity contribution in [3.05, 3.63) is 33.8 Å². The molecule has 0 spiro atoms. The Morgan fingerprint density at radius 3 is 2.71 bits per heavy atom. The molecule has 3 nitrogen and oxygen atoms in total. The Labute approximate surface area is 116 Å². The van der Waals surface area contributed by atoms with Gasteiger partial charge in [0.15, 0.2) is 0 Å². The zero-order valence-electron chi connectivity index (χ0n) is 8.82. The van der Waals surface area contributed by atoms with Crippen molar-refractivity contribution in [1.29, 1.82) is 0 Å². The van der Waals surface area contributed by atoms with Crippen LogP contribution in [0.5, 0.6) is 0 Å². The van der Waals surface area contributed by atoms with E-state index < -0.39 is 11.9 Å². The Bertz CT molecular complexity index is 425. The summed E-state index contributed by atoms with van der Waals surface area (Å²) in [5, 5.41) is 13.3. The summed E-state index contributed by atoms with van der Waals surface area (Å²) in [5.74, 6) is -1.34. The Morgan fingerprint density at radius 1 is 1.35 bits per heavy atom. The first-order chi connectivity index (χ1) is 7.59. The predicted molar refractivity (Wildman–Crippen MR) is 70.4 cm³/mol. The molecule has 94 valence electrons. The summed E-state index contributed by atoms with van der Waals surface area (Å²) in [5.41, 5.74) is 0.812. The van der Waals surface area contributed by atoms with Crippen LogP contribution in [0.2, 0.25) is 10.0 Å². The van der Waals surface area contributed by atoms with Gasteiger partial charge in [0.1, 0.15) is 0 Å². The minimum absolute atomic E-state index is 0. The highest BCUT2D eigenvalue weighted by atomic mass is 35.5. The lowest BCUT2D eigenvalue weighted by atomic mass is 9.89. The van der Waals surface area contributed by atoms with Crippen molar-refractivity contribution in [2.45, 2.75) is 5.92 Å². The minimum Gasteiger partial charge on any atom is -0.481 e. The quantitative estimate of drug-likeness (QED) is 0.882. The van der Waals surface area contributed by atoms with Gasteiger partial charge in [0.05, 0.1) is 5.92 Å². The van der Waals surface area contributed by atoms with Gasteiger partial charge in [0, 0.05) is 29.1 Å². The third-order valence-electron chi connectivity index (χ3n) is 2.89. The molecule has 0 aliphatic carbocycles. The second kappa shape index (κ2) is 5.91. The van der Waals surface area contributed by atoms with E-state index in [9.17, 15) is 4.79 Å². The van der Waals surface area contributed by atoms with Crippen LogP contribution in [0.3, 0.4) is 0 Å². The van der Waals surface area contributed by atoms with Crippen molar-refractivity contribution < 1.29 is 9.90 Å². The SMILES string of the molecule is Cl.O=C(O)[C@@H]1CNC[C@H]1c1cc(Cl)ccc1Cl. The predicted octanol–water partition coefficient (Wildman–Crippen LogP) is 2.80. The molecule has 6 heteroatoms. The molecule has 17 heavy (non-hydrogen) atoms. The van der Waals surface area contributed by atoms with Crippen LogP contribution in [0, 0.1) is 5.92 Å². The van der Waals surface area contributed by atoms with Crippen molar-refractivity contribution in [1.82, 2.24) is 5.32 Å². The van der Waals surface area contributed by atoms with Crippen LogP contribution in [-0.2, 0) is 4.79 Å². The number of benzene rings is 1. The molecule has 2 atom stereocenters. The highest BCUT2D eigenvalue weighted by molar-refractivity contribution is 6.33. The van der Waals surface area contributed by atoms with Gasteiger partial charge in [-0.2, -0.15) is 0 Å². The van der Waals surface area contributed by atoms with Gasteiger partial charge in [-0.1, -0.05) is 23.2 Å². The number of carboxylic acids is 1. The first-order valence-corrected chi connectivity index (χ1v) is 5.73. The molecule has 0 saturated carbocycles. The zero-order chi connectivity index (χ0) is 11.7. The van der Waals surface area contributed by atoms with Crippen molar-refractivity contribution >= 4 is 41.6 Å². The van der Waals surface area contributed by atoms with Crippen molar-refractivity contribution in [2.24, 2.45) is 5.92 Å². The Balaban J connectivity index is 0.00000144. The van der Waals surface area contributed by atoms with Gasteiger partial charge < -0.3 is 10.4 Å². The van der Waals surface area contributed by atoms with Crippen LogP contribution in [0.1, 0.15) is 11.5 Å². The largest absolute Gasteiger partial charge is 0.481 e. The maximum atomic E-state index is 11.1. The molecular weight excluding hydrogens is 284 g/mol. The summed E-state index contributed by atoms with van der Waals surface area (Å²) in [6, 6.07) is 5.15. The monoisotopic (exact) mass is 295 g/mol. The van der Waals surface area contributed by atoms with Crippen LogP contribution in [-0.4, -0.2) is 24.2 Å². The number of hydrogen-bond donors (Lipinski definition) is 2. The lowest BCUT2D eigenvalue weighted by Crippen LogP contribution is -2.21. The third kappa shape index (κ3) is 3.05. The lowest BCUT2D eigenvalue weighted by molar-refractivity contribution is -0.141. The van der Waals surface area contributed by atoms with E-state index in [1.165, 1.54) is 0 Å². The summed E-state index contributed by atoms with van der Waals surface area (Å²) < 4.78 is 0. The molecule has 0 unspecified atom stereocenters. The highest BCUT2D eigenvalue weighted by Crippen LogP contribution is 2.34. The van der Waals surface area contributed by atoms with E-state index in [0.717, 1.165) is 5.56 Å². The fourth-order valence-electron chi connectivity index (χ4n) is 2.06. The molecule has 2 N–H and O–H groups in total. The Kier molecular flexibility index (Phi) is 5.07. The molecule has 1 aliphatic heterocycles. The van der Waals surface area contributed by atoms with Crippen LogP contribution in [0.15, 0.2) is 18.2 Å². The van der Waals surface area contributed by atoms with Crippen molar-refractivity contribution in [3.63, 3.8) is 0 Å². The van der Waals surface area contributed by atoms with Gasteiger partial charge in [0.2, 0.25) is 0 Å². The molecule has 1 aromatic rings. The Morgan fingerprint density at radius 2 is 2.06 bits per heavy atom. The molecule has 1 aliphatic rings. The summed E-state index contributed by atoms with van der Waals surface area (Å²) in [6.45, 7) is 1.10. The summed E-state index contributed by atoms with van der Waals surface area (Å²) >= 11 is 12.0. The van der Waals surface area contributed by atoms with E-state index in [-0.39, 0.29) is 18.3 Å². The second-order valence-electron chi connectivity index (χ2n) is 3.88. The Hall–Kier alpha value is -0.480. The number of hydrogen-bond acceptors (Lipinski definition) is 2. The van der Waals surface area contributed by atoms with Crippen LogP contribution < -0.4 is 5.32 Å². The van der Waals surface area contributed by atoms with Crippen LogP contribution >= 0.6 is 35.6 Å². The van der Waals surface area contributed by atoms with Gasteiger partial charge in [-0.25, -0.2) is 0 Å². The van der Waals surface area contributed by atoms with Gasteiger partial charge in [-0.05, 0) is 23.8 Å². The molecule has 0 amide bonds. The standard InChI is InChI=1S/C11H11Cl2NO2.ClH/c12-6-1-2-10(13)7(3-6)8-4-14-5-9(8)11(15)16;/h1-3,8-9,14H,4-5H2,(H,15,16);1H/t8-,9+;/m0./s1. The smallest absolute Gasteiger partial charge is 0.308 e. The highest BCUT2D eigenvalue weighted by Gasteiger charge is 2.34. The summed E-state index contributed by atoms with van der Waals surface area (Å²) in [6.07, 6.45) is 0. The fourth-order valence-corrected chi connectivity index (χ4v) is 2.50. The number of carbonyl (C=O) groups is 1. The van der Waals surface area contributed by atoms with Crippen LogP contribution in [0.25, 0.3) is 0 Å². The number of nitrogens with one attached hydrogen (secondary N) is 1. The number of rotatable bonds is 2.